The van der Waals surface area contributed by atoms with Crippen LogP contribution in [0.4, 0.5) is 0 Å². The Morgan fingerprint density at radius 1 is 0.333 bits per heavy atom. The van der Waals surface area contributed by atoms with Gasteiger partial charge in [-0.1, -0.05) is 153 Å². The van der Waals surface area contributed by atoms with Crippen molar-refractivity contribution in [2.45, 2.75) is 19.3 Å². The fourth-order valence-corrected chi connectivity index (χ4v) is 6.84. The summed E-state index contributed by atoms with van der Waals surface area (Å²) in [6.07, 6.45) is 0. The summed E-state index contributed by atoms with van der Waals surface area (Å²) in [5, 5.41) is 0. The third-order valence-electron chi connectivity index (χ3n) is 9.30. The van der Waals surface area contributed by atoms with E-state index in [1.54, 1.807) is 0 Å². The molecular formula is C44H33N. The predicted octanol–water partition coefficient (Wildman–Crippen LogP) is 11.7. The van der Waals surface area contributed by atoms with Crippen LogP contribution in [-0.2, 0) is 5.41 Å². The van der Waals surface area contributed by atoms with Crippen molar-refractivity contribution in [3.63, 3.8) is 0 Å². The molecule has 0 N–H and O–H groups in total. The summed E-state index contributed by atoms with van der Waals surface area (Å²) in [4.78, 5) is 5.06. The van der Waals surface area contributed by atoms with Crippen molar-refractivity contribution in [2.24, 2.45) is 0 Å². The number of rotatable bonds is 5. The maximum absolute atomic E-state index is 5.06. The molecule has 0 aliphatic heterocycles. The Morgan fingerprint density at radius 2 is 0.800 bits per heavy atom. The van der Waals surface area contributed by atoms with Crippen LogP contribution in [0.25, 0.3) is 67.0 Å². The van der Waals surface area contributed by atoms with Gasteiger partial charge in [-0.15, -0.1) is 0 Å². The van der Waals surface area contributed by atoms with Crippen molar-refractivity contribution < 1.29 is 0 Å². The van der Waals surface area contributed by atoms with E-state index in [0.29, 0.717) is 0 Å². The van der Waals surface area contributed by atoms with Crippen LogP contribution in [0.15, 0.2) is 164 Å². The number of fused-ring (bicyclic) bond motifs is 3. The molecule has 0 saturated carbocycles. The van der Waals surface area contributed by atoms with E-state index in [0.717, 1.165) is 28.1 Å². The average Bonchev–Trinajstić information content (AvgIpc) is 3.34. The Morgan fingerprint density at radius 3 is 1.42 bits per heavy atom. The molecule has 1 heteroatoms. The first-order valence-electron chi connectivity index (χ1n) is 15.6. The van der Waals surface area contributed by atoms with E-state index in [-0.39, 0.29) is 5.41 Å². The van der Waals surface area contributed by atoms with Crippen molar-refractivity contribution in [3.8, 4) is 67.0 Å². The first-order valence-corrected chi connectivity index (χ1v) is 15.6. The Labute approximate surface area is 265 Å². The van der Waals surface area contributed by atoms with Crippen molar-refractivity contribution in [3.05, 3.63) is 175 Å². The third-order valence-corrected chi connectivity index (χ3v) is 9.30. The van der Waals surface area contributed by atoms with Gasteiger partial charge >= 0.3 is 0 Å². The van der Waals surface area contributed by atoms with Crippen LogP contribution in [-0.4, -0.2) is 4.98 Å². The van der Waals surface area contributed by atoms with Gasteiger partial charge in [0, 0.05) is 16.5 Å². The molecule has 0 saturated heterocycles. The minimum Gasteiger partial charge on any atom is -0.248 e. The van der Waals surface area contributed by atoms with Crippen molar-refractivity contribution >= 4 is 0 Å². The molecule has 6 aromatic carbocycles. The lowest BCUT2D eigenvalue weighted by Crippen LogP contribution is -2.14. The molecule has 0 bridgehead atoms. The molecule has 1 aliphatic rings. The number of pyridine rings is 1. The molecule has 1 aromatic heterocycles. The minimum absolute atomic E-state index is 0.0257. The summed E-state index contributed by atoms with van der Waals surface area (Å²) in [5.74, 6) is 0. The van der Waals surface area contributed by atoms with Gasteiger partial charge in [0.25, 0.3) is 0 Å². The minimum atomic E-state index is 0.0257. The van der Waals surface area contributed by atoms with E-state index in [1.165, 1.54) is 50.1 Å². The topological polar surface area (TPSA) is 12.9 Å². The van der Waals surface area contributed by atoms with Gasteiger partial charge in [0.15, 0.2) is 0 Å². The van der Waals surface area contributed by atoms with Gasteiger partial charge in [0.2, 0.25) is 0 Å². The van der Waals surface area contributed by atoms with E-state index in [9.17, 15) is 0 Å². The molecule has 0 unspecified atom stereocenters. The molecule has 0 fully saturated rings. The number of nitrogens with zero attached hydrogens (tertiary/aromatic N) is 1. The highest BCUT2D eigenvalue weighted by atomic mass is 14.7. The highest BCUT2D eigenvalue weighted by Crippen LogP contribution is 2.49. The molecule has 1 nitrogen and oxygen atoms in total. The largest absolute Gasteiger partial charge is 0.248 e. The average molecular weight is 576 g/mol. The van der Waals surface area contributed by atoms with Gasteiger partial charge in [0.05, 0.1) is 11.4 Å². The lowest BCUT2D eigenvalue weighted by Gasteiger charge is -2.21. The normalized spacial score (nSPS) is 12.8. The van der Waals surface area contributed by atoms with Crippen LogP contribution in [0.1, 0.15) is 25.0 Å². The number of benzene rings is 6. The van der Waals surface area contributed by atoms with Gasteiger partial charge < -0.3 is 0 Å². The molecule has 0 amide bonds. The standard InChI is InChI=1S/C44H33N/c1-44(2)40-19-10-9-18-38(40)39-27-36(24-25-41(39)44)31-22-20-30(21-23-31)34-16-11-17-35(26-34)37-28-42(32-12-5-3-6-13-32)45-43(29-37)33-14-7-4-8-15-33/h3-29H,1-2H3. The molecule has 1 aliphatic carbocycles. The fourth-order valence-electron chi connectivity index (χ4n) is 6.84. The summed E-state index contributed by atoms with van der Waals surface area (Å²) in [7, 11) is 0. The van der Waals surface area contributed by atoms with Crippen molar-refractivity contribution in [2.75, 3.05) is 0 Å². The lowest BCUT2D eigenvalue weighted by atomic mass is 9.82. The maximum Gasteiger partial charge on any atom is 0.0715 e. The van der Waals surface area contributed by atoms with E-state index in [4.69, 9.17) is 4.98 Å². The number of aromatic nitrogens is 1. The second kappa shape index (κ2) is 10.9. The molecule has 214 valence electrons. The summed E-state index contributed by atoms with van der Waals surface area (Å²) in [6.45, 7) is 4.66. The molecule has 0 radical (unpaired) electrons. The summed E-state index contributed by atoms with van der Waals surface area (Å²) in [6, 6.07) is 58.9. The van der Waals surface area contributed by atoms with E-state index < -0.39 is 0 Å². The molecule has 45 heavy (non-hydrogen) atoms. The molecular weight excluding hydrogens is 542 g/mol. The molecule has 8 rings (SSSR count). The lowest BCUT2D eigenvalue weighted by molar-refractivity contribution is 0.660. The van der Waals surface area contributed by atoms with Crippen LogP contribution in [0.3, 0.4) is 0 Å². The SMILES string of the molecule is CC1(C)c2ccccc2-c2cc(-c3ccc(-c4cccc(-c5cc(-c6ccccc6)nc(-c6ccccc6)c5)c4)cc3)ccc21. The highest BCUT2D eigenvalue weighted by Gasteiger charge is 2.35. The van der Waals surface area contributed by atoms with Gasteiger partial charge in [0.1, 0.15) is 0 Å². The fraction of sp³-hybridized carbons (Fsp3) is 0.0682. The molecule has 7 aromatic rings. The van der Waals surface area contributed by atoms with E-state index in [1.807, 2.05) is 12.1 Å². The predicted molar refractivity (Wildman–Crippen MR) is 189 cm³/mol. The van der Waals surface area contributed by atoms with Gasteiger partial charge in [-0.05, 0) is 79.9 Å². The van der Waals surface area contributed by atoms with E-state index >= 15 is 0 Å². The zero-order valence-electron chi connectivity index (χ0n) is 25.5. The summed E-state index contributed by atoms with van der Waals surface area (Å²) in [5.41, 5.74) is 16.9. The second-order valence-electron chi connectivity index (χ2n) is 12.4. The number of hydrogen-bond acceptors (Lipinski definition) is 1. The van der Waals surface area contributed by atoms with Crippen LogP contribution in [0.2, 0.25) is 0 Å². The monoisotopic (exact) mass is 575 g/mol. The Kier molecular flexibility index (Phi) is 6.54. The Balaban J connectivity index is 1.14. The van der Waals surface area contributed by atoms with Gasteiger partial charge in [-0.25, -0.2) is 4.98 Å². The quantitative estimate of drug-likeness (QED) is 0.199. The van der Waals surface area contributed by atoms with Gasteiger partial charge in [-0.3, -0.25) is 0 Å². The maximum atomic E-state index is 5.06. The summed E-state index contributed by atoms with van der Waals surface area (Å²) < 4.78 is 0. The summed E-state index contributed by atoms with van der Waals surface area (Å²) >= 11 is 0. The highest BCUT2D eigenvalue weighted by molar-refractivity contribution is 5.85. The zero-order chi connectivity index (χ0) is 30.4. The Hall–Kier alpha value is -5.53. The zero-order valence-corrected chi connectivity index (χ0v) is 25.5. The van der Waals surface area contributed by atoms with Gasteiger partial charge in [-0.2, -0.15) is 0 Å². The van der Waals surface area contributed by atoms with Crippen LogP contribution in [0.5, 0.6) is 0 Å². The smallest absolute Gasteiger partial charge is 0.0715 e. The molecule has 1 heterocycles. The first kappa shape index (κ1) is 27.0. The van der Waals surface area contributed by atoms with Crippen LogP contribution in [0, 0.1) is 0 Å². The van der Waals surface area contributed by atoms with Crippen LogP contribution >= 0.6 is 0 Å². The van der Waals surface area contributed by atoms with E-state index in [2.05, 4.69) is 166 Å². The third kappa shape index (κ3) is 4.87. The van der Waals surface area contributed by atoms with Crippen molar-refractivity contribution in [1.82, 2.24) is 4.98 Å². The second-order valence-corrected chi connectivity index (χ2v) is 12.4. The Bertz CT molecular complexity index is 2100. The molecule has 0 atom stereocenters. The van der Waals surface area contributed by atoms with Crippen LogP contribution < -0.4 is 0 Å². The molecule has 0 spiro atoms. The number of hydrogen-bond donors (Lipinski definition) is 0. The van der Waals surface area contributed by atoms with Crippen molar-refractivity contribution in [1.29, 1.82) is 0 Å². The first-order chi connectivity index (χ1) is 22.0.